The average Bonchev–Trinajstić information content (AvgIpc) is 3.25. The van der Waals surface area contributed by atoms with Crippen LogP contribution >= 0.6 is 11.3 Å². The Balaban J connectivity index is 1.21. The van der Waals surface area contributed by atoms with Crippen LogP contribution in [0.5, 0.6) is 0 Å². The van der Waals surface area contributed by atoms with Crippen molar-refractivity contribution in [3.05, 3.63) is 72.0 Å². The lowest BCUT2D eigenvalue weighted by molar-refractivity contribution is 0.103. The summed E-state index contributed by atoms with van der Waals surface area (Å²) in [4.78, 5) is 31.0. The SMILES string of the molecule is O=C(Nc1cnc(N2CCN(c3ccccn3)CC2)nc1)c1cc2ccccc2s1. The van der Waals surface area contributed by atoms with Gasteiger partial charge < -0.3 is 15.1 Å². The zero-order valence-corrected chi connectivity index (χ0v) is 17.0. The van der Waals surface area contributed by atoms with Crippen molar-refractivity contribution in [2.45, 2.75) is 0 Å². The van der Waals surface area contributed by atoms with Gasteiger partial charge in [0, 0.05) is 37.1 Å². The number of anilines is 3. The number of hydrogen-bond acceptors (Lipinski definition) is 7. The highest BCUT2D eigenvalue weighted by Gasteiger charge is 2.20. The van der Waals surface area contributed by atoms with Gasteiger partial charge in [-0.05, 0) is 29.7 Å². The van der Waals surface area contributed by atoms with Crippen LogP contribution in [-0.2, 0) is 0 Å². The van der Waals surface area contributed by atoms with Gasteiger partial charge in [0.25, 0.3) is 5.91 Å². The van der Waals surface area contributed by atoms with Gasteiger partial charge in [0.1, 0.15) is 5.82 Å². The van der Waals surface area contributed by atoms with Crippen LogP contribution in [0, 0.1) is 0 Å². The summed E-state index contributed by atoms with van der Waals surface area (Å²) in [5, 5.41) is 3.96. The molecular weight excluding hydrogens is 396 g/mol. The second-order valence-electron chi connectivity index (χ2n) is 7.04. The molecule has 0 bridgehead atoms. The molecule has 4 heterocycles. The molecule has 1 amide bonds. The molecule has 8 heteroatoms. The topological polar surface area (TPSA) is 74.2 Å². The molecule has 7 nitrogen and oxygen atoms in total. The standard InChI is InChI=1S/C22H20N6OS/c29-21(19-13-16-5-1-2-6-18(16)30-19)26-17-14-24-22(25-15-17)28-11-9-27(10-12-28)20-7-3-4-8-23-20/h1-8,13-15H,9-12H2,(H,26,29). The quantitative estimate of drug-likeness (QED) is 0.547. The zero-order valence-electron chi connectivity index (χ0n) is 16.2. The van der Waals surface area contributed by atoms with Gasteiger partial charge in [-0.1, -0.05) is 24.3 Å². The Bertz CT molecular complexity index is 1120. The molecule has 1 saturated heterocycles. The summed E-state index contributed by atoms with van der Waals surface area (Å²) >= 11 is 1.48. The smallest absolute Gasteiger partial charge is 0.265 e. The minimum absolute atomic E-state index is 0.142. The summed E-state index contributed by atoms with van der Waals surface area (Å²) in [7, 11) is 0. The van der Waals surface area contributed by atoms with E-state index in [2.05, 4.69) is 30.1 Å². The predicted octanol–water partition coefficient (Wildman–Crippen LogP) is 3.67. The Morgan fingerprint density at radius 3 is 2.37 bits per heavy atom. The highest BCUT2D eigenvalue weighted by Crippen LogP contribution is 2.26. The number of aromatic nitrogens is 3. The van der Waals surface area contributed by atoms with Gasteiger partial charge in [0.2, 0.25) is 5.95 Å². The maximum Gasteiger partial charge on any atom is 0.265 e. The molecule has 5 rings (SSSR count). The summed E-state index contributed by atoms with van der Waals surface area (Å²) in [6.07, 6.45) is 5.15. The molecule has 1 aliphatic heterocycles. The number of thiophene rings is 1. The number of rotatable bonds is 4. The summed E-state index contributed by atoms with van der Waals surface area (Å²) < 4.78 is 1.10. The Kier molecular flexibility index (Phi) is 4.98. The molecule has 0 saturated carbocycles. The molecule has 0 spiro atoms. The van der Waals surface area contributed by atoms with E-state index in [4.69, 9.17) is 0 Å². The van der Waals surface area contributed by atoms with Crippen LogP contribution in [0.25, 0.3) is 10.1 Å². The van der Waals surface area contributed by atoms with Crippen molar-refractivity contribution >= 4 is 44.8 Å². The Morgan fingerprint density at radius 2 is 1.63 bits per heavy atom. The van der Waals surface area contributed by atoms with Crippen LogP contribution in [-0.4, -0.2) is 47.0 Å². The number of piperazine rings is 1. The first-order chi connectivity index (χ1) is 14.8. The van der Waals surface area contributed by atoms with Crippen LogP contribution in [0.1, 0.15) is 9.67 Å². The van der Waals surface area contributed by atoms with Gasteiger partial charge >= 0.3 is 0 Å². The number of nitrogens with one attached hydrogen (secondary N) is 1. The number of pyridine rings is 1. The lowest BCUT2D eigenvalue weighted by Gasteiger charge is -2.35. The minimum Gasteiger partial charge on any atom is -0.353 e. The monoisotopic (exact) mass is 416 g/mol. The van der Waals surface area contributed by atoms with Gasteiger partial charge in [-0.15, -0.1) is 11.3 Å². The first kappa shape index (κ1) is 18.5. The number of fused-ring (bicyclic) bond motifs is 1. The largest absolute Gasteiger partial charge is 0.353 e. The summed E-state index contributed by atoms with van der Waals surface area (Å²) in [5.41, 5.74) is 0.591. The molecule has 30 heavy (non-hydrogen) atoms. The van der Waals surface area contributed by atoms with E-state index in [1.54, 1.807) is 12.4 Å². The number of benzene rings is 1. The number of carbonyl (C=O) groups is 1. The Morgan fingerprint density at radius 1 is 0.900 bits per heavy atom. The number of hydrogen-bond donors (Lipinski definition) is 1. The van der Waals surface area contributed by atoms with Gasteiger partial charge in [-0.25, -0.2) is 15.0 Å². The fourth-order valence-corrected chi connectivity index (χ4v) is 4.47. The fraction of sp³-hybridized carbons (Fsp3) is 0.182. The molecule has 1 fully saturated rings. The molecule has 1 N–H and O–H groups in total. The molecular formula is C22H20N6OS. The molecule has 4 aromatic rings. The number of carbonyl (C=O) groups excluding carboxylic acids is 1. The van der Waals surface area contributed by atoms with E-state index in [0.717, 1.165) is 42.1 Å². The molecule has 3 aromatic heterocycles. The lowest BCUT2D eigenvalue weighted by Crippen LogP contribution is -2.47. The van der Waals surface area contributed by atoms with Crippen molar-refractivity contribution in [3.63, 3.8) is 0 Å². The van der Waals surface area contributed by atoms with Crippen molar-refractivity contribution in [2.24, 2.45) is 0 Å². The summed E-state index contributed by atoms with van der Waals surface area (Å²) in [6.45, 7) is 3.38. The highest BCUT2D eigenvalue weighted by atomic mass is 32.1. The Hall–Kier alpha value is -3.52. The third kappa shape index (κ3) is 3.81. The van der Waals surface area contributed by atoms with E-state index < -0.39 is 0 Å². The summed E-state index contributed by atoms with van der Waals surface area (Å²) in [6, 6.07) is 15.8. The normalized spacial score (nSPS) is 14.1. The predicted molar refractivity (Wildman–Crippen MR) is 120 cm³/mol. The van der Waals surface area contributed by atoms with E-state index in [0.29, 0.717) is 16.5 Å². The molecule has 0 unspecified atom stereocenters. The maximum atomic E-state index is 12.6. The maximum absolute atomic E-state index is 12.6. The second kappa shape index (κ2) is 8.08. The first-order valence-corrected chi connectivity index (χ1v) is 10.6. The third-order valence-corrected chi connectivity index (χ3v) is 6.20. The number of amides is 1. The molecule has 150 valence electrons. The van der Waals surface area contributed by atoms with Crippen LogP contribution in [0.15, 0.2) is 67.1 Å². The average molecular weight is 417 g/mol. The zero-order chi connectivity index (χ0) is 20.3. The molecule has 1 aromatic carbocycles. The van der Waals surface area contributed by atoms with Crippen molar-refractivity contribution in [1.82, 2.24) is 15.0 Å². The van der Waals surface area contributed by atoms with Crippen LogP contribution in [0.4, 0.5) is 17.5 Å². The van der Waals surface area contributed by atoms with E-state index in [1.807, 2.05) is 54.7 Å². The van der Waals surface area contributed by atoms with Gasteiger partial charge in [0.15, 0.2) is 0 Å². The van der Waals surface area contributed by atoms with Crippen molar-refractivity contribution in [1.29, 1.82) is 0 Å². The van der Waals surface area contributed by atoms with E-state index >= 15 is 0 Å². The van der Waals surface area contributed by atoms with Crippen LogP contribution in [0.2, 0.25) is 0 Å². The van der Waals surface area contributed by atoms with E-state index in [9.17, 15) is 4.79 Å². The minimum atomic E-state index is -0.142. The van der Waals surface area contributed by atoms with Crippen molar-refractivity contribution < 1.29 is 4.79 Å². The molecule has 0 aliphatic carbocycles. The first-order valence-electron chi connectivity index (χ1n) is 9.79. The summed E-state index contributed by atoms with van der Waals surface area (Å²) in [5.74, 6) is 1.53. The number of nitrogens with zero attached hydrogens (tertiary/aromatic N) is 5. The van der Waals surface area contributed by atoms with E-state index in [1.165, 1.54) is 11.3 Å². The lowest BCUT2D eigenvalue weighted by atomic mass is 10.2. The fourth-order valence-electron chi connectivity index (χ4n) is 3.51. The van der Waals surface area contributed by atoms with E-state index in [-0.39, 0.29) is 5.91 Å². The second-order valence-corrected chi connectivity index (χ2v) is 8.12. The molecule has 1 aliphatic rings. The van der Waals surface area contributed by atoms with Crippen LogP contribution in [0.3, 0.4) is 0 Å². The van der Waals surface area contributed by atoms with Crippen LogP contribution < -0.4 is 15.1 Å². The van der Waals surface area contributed by atoms with Crippen molar-refractivity contribution in [2.75, 3.05) is 41.3 Å². The van der Waals surface area contributed by atoms with Crippen molar-refractivity contribution in [3.8, 4) is 0 Å². The highest BCUT2D eigenvalue weighted by molar-refractivity contribution is 7.20. The Labute approximate surface area is 178 Å². The van der Waals surface area contributed by atoms with Gasteiger partial charge in [-0.3, -0.25) is 4.79 Å². The van der Waals surface area contributed by atoms with Gasteiger partial charge in [0.05, 0.1) is 23.0 Å². The molecule has 0 atom stereocenters. The molecule has 0 radical (unpaired) electrons. The third-order valence-electron chi connectivity index (χ3n) is 5.08. The van der Waals surface area contributed by atoms with Gasteiger partial charge in [-0.2, -0.15) is 0 Å².